The van der Waals surface area contributed by atoms with Gasteiger partial charge in [0.15, 0.2) is 0 Å². The lowest BCUT2D eigenvalue weighted by molar-refractivity contribution is -0.117. The van der Waals surface area contributed by atoms with Crippen LogP contribution in [0.15, 0.2) is 53.4 Å². The first-order chi connectivity index (χ1) is 14.8. The van der Waals surface area contributed by atoms with Crippen molar-refractivity contribution in [1.82, 2.24) is 9.21 Å². The van der Waals surface area contributed by atoms with E-state index in [1.54, 1.807) is 36.2 Å². The summed E-state index contributed by atoms with van der Waals surface area (Å²) in [5.74, 6) is 0.0352. The number of piperidine rings is 1. The molecule has 1 heterocycles. The van der Waals surface area contributed by atoms with Gasteiger partial charge in [-0.25, -0.2) is 12.8 Å². The third kappa shape index (κ3) is 6.75. The smallest absolute Gasteiger partial charge is 0.243 e. The summed E-state index contributed by atoms with van der Waals surface area (Å²) in [6.45, 7) is 2.13. The number of likely N-dealkylation sites (N-methyl/N-ethyl adjacent to an activating group) is 1. The Labute approximate surface area is 182 Å². The van der Waals surface area contributed by atoms with Crippen molar-refractivity contribution in [2.75, 3.05) is 45.2 Å². The molecule has 7 nitrogen and oxygen atoms in total. The minimum absolute atomic E-state index is 0.153. The Morgan fingerprint density at radius 2 is 1.71 bits per heavy atom. The van der Waals surface area contributed by atoms with Gasteiger partial charge in [0, 0.05) is 25.3 Å². The zero-order chi connectivity index (χ0) is 22.3. The molecule has 0 unspecified atom stereocenters. The van der Waals surface area contributed by atoms with Gasteiger partial charge in [0.05, 0.1) is 11.4 Å². The van der Waals surface area contributed by atoms with E-state index in [4.69, 9.17) is 4.74 Å². The summed E-state index contributed by atoms with van der Waals surface area (Å²) in [6.07, 6.45) is 2.83. The highest BCUT2D eigenvalue weighted by molar-refractivity contribution is 7.89. The van der Waals surface area contributed by atoms with Gasteiger partial charge in [-0.05, 0) is 68.4 Å². The summed E-state index contributed by atoms with van der Waals surface area (Å²) in [4.78, 5) is 14.3. The van der Waals surface area contributed by atoms with Gasteiger partial charge < -0.3 is 10.1 Å². The number of hydrogen-bond donors (Lipinski definition) is 1. The number of hydrogen-bond acceptors (Lipinski definition) is 5. The topological polar surface area (TPSA) is 79.0 Å². The Balaban J connectivity index is 1.44. The lowest BCUT2D eigenvalue weighted by atomic mass is 10.2. The summed E-state index contributed by atoms with van der Waals surface area (Å²) < 4.78 is 45.3. The molecule has 1 fully saturated rings. The molecule has 9 heteroatoms. The van der Waals surface area contributed by atoms with Crippen LogP contribution in [0.5, 0.6) is 5.75 Å². The number of carbonyl (C=O) groups excluding carboxylic acids is 1. The normalized spacial score (nSPS) is 15.1. The fourth-order valence-electron chi connectivity index (χ4n) is 3.34. The van der Waals surface area contributed by atoms with Crippen LogP contribution in [0, 0.1) is 5.82 Å². The second-order valence-corrected chi connectivity index (χ2v) is 9.52. The number of rotatable bonds is 9. The largest absolute Gasteiger partial charge is 0.492 e. The fraction of sp³-hybridized carbons (Fsp3) is 0.409. The van der Waals surface area contributed by atoms with Gasteiger partial charge in [-0.3, -0.25) is 9.69 Å². The average molecular weight is 450 g/mol. The van der Waals surface area contributed by atoms with Crippen LogP contribution in [0.1, 0.15) is 19.3 Å². The zero-order valence-electron chi connectivity index (χ0n) is 17.6. The maximum absolute atomic E-state index is 12.9. The number of nitrogens with zero attached hydrogens (tertiary/aromatic N) is 2. The number of amides is 1. The maximum Gasteiger partial charge on any atom is 0.243 e. The van der Waals surface area contributed by atoms with Gasteiger partial charge >= 0.3 is 0 Å². The summed E-state index contributed by atoms with van der Waals surface area (Å²) in [6, 6.07) is 12.0. The predicted octanol–water partition coefficient (Wildman–Crippen LogP) is 2.95. The van der Waals surface area contributed by atoms with Crippen molar-refractivity contribution in [1.29, 1.82) is 0 Å². The zero-order valence-corrected chi connectivity index (χ0v) is 18.4. The Morgan fingerprint density at radius 1 is 1.06 bits per heavy atom. The summed E-state index contributed by atoms with van der Waals surface area (Å²) in [5, 5.41) is 2.77. The number of anilines is 1. The quantitative estimate of drug-likeness (QED) is 0.637. The molecular formula is C22H28FN3O4S. The Morgan fingerprint density at radius 3 is 2.35 bits per heavy atom. The second-order valence-electron chi connectivity index (χ2n) is 7.58. The van der Waals surface area contributed by atoms with Gasteiger partial charge in [0.25, 0.3) is 0 Å². The van der Waals surface area contributed by atoms with E-state index in [1.165, 1.54) is 28.6 Å². The highest BCUT2D eigenvalue weighted by Crippen LogP contribution is 2.22. The lowest BCUT2D eigenvalue weighted by Crippen LogP contribution is -2.35. The highest BCUT2D eigenvalue weighted by Gasteiger charge is 2.25. The molecule has 1 aliphatic rings. The van der Waals surface area contributed by atoms with E-state index in [2.05, 4.69) is 5.32 Å². The molecule has 1 N–H and O–H groups in total. The molecule has 31 heavy (non-hydrogen) atoms. The van der Waals surface area contributed by atoms with Crippen molar-refractivity contribution in [2.45, 2.75) is 24.2 Å². The number of carbonyl (C=O) groups is 1. The molecule has 2 aromatic rings. The molecule has 1 amide bonds. The van der Waals surface area contributed by atoms with Crippen LogP contribution < -0.4 is 10.1 Å². The molecule has 1 aliphatic heterocycles. The molecule has 0 saturated carbocycles. The van der Waals surface area contributed by atoms with E-state index in [9.17, 15) is 17.6 Å². The van der Waals surface area contributed by atoms with E-state index in [-0.39, 0.29) is 23.2 Å². The summed E-state index contributed by atoms with van der Waals surface area (Å²) in [5.41, 5.74) is 0.540. The van der Waals surface area contributed by atoms with Crippen LogP contribution in [0.4, 0.5) is 10.1 Å². The summed E-state index contributed by atoms with van der Waals surface area (Å²) >= 11 is 0. The fourth-order valence-corrected chi connectivity index (χ4v) is 4.86. The maximum atomic E-state index is 12.9. The Hall–Kier alpha value is -2.49. The third-order valence-corrected chi connectivity index (χ3v) is 6.97. The van der Waals surface area contributed by atoms with Gasteiger partial charge in [-0.15, -0.1) is 0 Å². The SMILES string of the molecule is CN(CCOc1ccc(F)cc1)CC(=O)Nc1ccc(S(=O)(=O)N2CCCCC2)cc1. The second kappa shape index (κ2) is 10.7. The molecule has 168 valence electrons. The molecule has 2 aromatic carbocycles. The van der Waals surface area contributed by atoms with Gasteiger partial charge in [-0.2, -0.15) is 4.31 Å². The van der Waals surface area contributed by atoms with Crippen molar-refractivity contribution in [2.24, 2.45) is 0 Å². The minimum Gasteiger partial charge on any atom is -0.492 e. The van der Waals surface area contributed by atoms with Crippen LogP contribution in [0.2, 0.25) is 0 Å². The standard InChI is InChI=1S/C22H28FN3O4S/c1-25(15-16-30-20-9-5-18(23)6-10-20)17-22(27)24-19-7-11-21(12-8-19)31(28,29)26-13-3-2-4-14-26/h5-12H,2-4,13-17H2,1H3,(H,24,27). The monoisotopic (exact) mass is 449 g/mol. The number of halogens is 1. The van der Waals surface area contributed by atoms with E-state index in [0.29, 0.717) is 37.7 Å². The molecule has 0 radical (unpaired) electrons. The van der Waals surface area contributed by atoms with Crippen LogP contribution in [-0.4, -0.2) is 63.4 Å². The van der Waals surface area contributed by atoms with Gasteiger partial charge in [0.2, 0.25) is 15.9 Å². The van der Waals surface area contributed by atoms with Crippen LogP contribution in [0.3, 0.4) is 0 Å². The molecular weight excluding hydrogens is 421 g/mol. The highest BCUT2D eigenvalue weighted by atomic mass is 32.2. The third-order valence-electron chi connectivity index (χ3n) is 5.06. The van der Waals surface area contributed by atoms with Crippen molar-refractivity contribution in [3.8, 4) is 5.75 Å². The van der Waals surface area contributed by atoms with Crippen LogP contribution in [-0.2, 0) is 14.8 Å². The molecule has 1 saturated heterocycles. The van der Waals surface area contributed by atoms with Crippen molar-refractivity contribution in [3.63, 3.8) is 0 Å². The van der Waals surface area contributed by atoms with Crippen molar-refractivity contribution < 1.29 is 22.3 Å². The average Bonchev–Trinajstić information content (AvgIpc) is 2.76. The van der Waals surface area contributed by atoms with Gasteiger partial charge in [0.1, 0.15) is 18.2 Å². The van der Waals surface area contributed by atoms with E-state index < -0.39 is 10.0 Å². The molecule has 0 spiro atoms. The number of ether oxygens (including phenoxy) is 1. The van der Waals surface area contributed by atoms with Crippen molar-refractivity contribution in [3.05, 3.63) is 54.3 Å². The molecule has 0 aromatic heterocycles. The van der Waals surface area contributed by atoms with Gasteiger partial charge in [-0.1, -0.05) is 6.42 Å². The number of nitrogens with one attached hydrogen (secondary N) is 1. The molecule has 0 bridgehead atoms. The molecule has 0 aliphatic carbocycles. The predicted molar refractivity (Wildman–Crippen MR) is 117 cm³/mol. The molecule has 3 rings (SSSR count). The van der Waals surface area contributed by atoms with E-state index in [0.717, 1.165) is 19.3 Å². The minimum atomic E-state index is -3.48. The van der Waals surface area contributed by atoms with E-state index >= 15 is 0 Å². The Bertz CT molecular complexity index is 959. The Kier molecular flexibility index (Phi) is 8.00. The first-order valence-electron chi connectivity index (χ1n) is 10.3. The van der Waals surface area contributed by atoms with Crippen LogP contribution >= 0.6 is 0 Å². The van der Waals surface area contributed by atoms with Crippen LogP contribution in [0.25, 0.3) is 0 Å². The number of benzene rings is 2. The van der Waals surface area contributed by atoms with Crippen molar-refractivity contribution >= 4 is 21.6 Å². The lowest BCUT2D eigenvalue weighted by Gasteiger charge is -2.25. The number of sulfonamides is 1. The first-order valence-corrected chi connectivity index (χ1v) is 11.8. The summed E-state index contributed by atoms with van der Waals surface area (Å²) in [7, 11) is -1.69. The molecule has 0 atom stereocenters. The van der Waals surface area contributed by atoms with E-state index in [1.807, 2.05) is 0 Å². The first kappa shape index (κ1) is 23.2.